The van der Waals surface area contributed by atoms with Gasteiger partial charge < -0.3 is 15.4 Å². The smallest absolute Gasteiger partial charge is 0.140 e. The lowest BCUT2D eigenvalue weighted by atomic mass is 9.86. The molecule has 0 saturated carbocycles. The van der Waals surface area contributed by atoms with Gasteiger partial charge in [-0.2, -0.15) is 0 Å². The van der Waals surface area contributed by atoms with E-state index in [1.165, 1.54) is 64.2 Å². The van der Waals surface area contributed by atoms with Gasteiger partial charge in [0, 0.05) is 11.7 Å². The molecule has 0 atom stereocenters. The van der Waals surface area contributed by atoms with Gasteiger partial charge in [0.15, 0.2) is 0 Å². The molecule has 1 heterocycles. The lowest BCUT2D eigenvalue weighted by molar-refractivity contribution is 0.148. The maximum absolute atomic E-state index is 6.14. The third-order valence-corrected chi connectivity index (χ3v) is 4.47. The van der Waals surface area contributed by atoms with Crippen LogP contribution in [0, 0.1) is 0 Å². The maximum Gasteiger partial charge on any atom is 0.140 e. The fraction of sp³-hybridized carbons (Fsp3) is 0.778. The molecule has 0 aromatic heterocycles. The minimum atomic E-state index is 0.113. The van der Waals surface area contributed by atoms with E-state index < -0.39 is 0 Å². The van der Waals surface area contributed by atoms with Crippen LogP contribution in [0.4, 0.5) is 0 Å². The maximum atomic E-state index is 6.14. The number of ether oxygens (including phenoxy) is 1. The monoisotopic (exact) mass is 294 g/mol. The first kappa shape index (κ1) is 17.9. The topological polar surface area (TPSA) is 38.5 Å². The lowest BCUT2D eigenvalue weighted by Crippen LogP contribution is -2.45. The molecule has 0 fully saturated rings. The van der Waals surface area contributed by atoms with Crippen LogP contribution in [0.5, 0.6) is 0 Å². The van der Waals surface area contributed by atoms with Crippen LogP contribution in [0.25, 0.3) is 0 Å². The number of unbranched alkanes of at least 4 members (excludes halogenated alkanes) is 6. The Labute approximate surface area is 131 Å². The van der Waals surface area contributed by atoms with E-state index >= 15 is 0 Å². The minimum Gasteiger partial charge on any atom is -0.467 e. The quantitative estimate of drug-likeness (QED) is 0.529. The van der Waals surface area contributed by atoms with Gasteiger partial charge in [-0.3, -0.25) is 0 Å². The van der Waals surface area contributed by atoms with E-state index in [-0.39, 0.29) is 5.54 Å². The minimum absolute atomic E-state index is 0.113. The van der Waals surface area contributed by atoms with E-state index in [0.29, 0.717) is 0 Å². The van der Waals surface area contributed by atoms with Crippen molar-refractivity contribution in [3.63, 3.8) is 0 Å². The fourth-order valence-corrected chi connectivity index (χ4v) is 3.07. The second kappa shape index (κ2) is 9.75. The van der Waals surface area contributed by atoms with Gasteiger partial charge >= 0.3 is 0 Å². The molecule has 1 rings (SSSR count). The van der Waals surface area contributed by atoms with Crippen molar-refractivity contribution in [2.24, 2.45) is 5.73 Å². The number of hydrogen-bond donors (Lipinski definition) is 1. The van der Waals surface area contributed by atoms with E-state index in [0.717, 1.165) is 5.82 Å². The van der Waals surface area contributed by atoms with Crippen molar-refractivity contribution in [3.05, 3.63) is 24.5 Å². The number of rotatable bonds is 11. The van der Waals surface area contributed by atoms with Crippen molar-refractivity contribution in [1.82, 2.24) is 4.90 Å². The van der Waals surface area contributed by atoms with Crippen LogP contribution >= 0.6 is 0 Å². The average Bonchev–Trinajstić information content (AvgIpc) is 2.49. The molecule has 122 valence electrons. The van der Waals surface area contributed by atoms with Crippen LogP contribution in [0.2, 0.25) is 0 Å². The molecular formula is C18H34N2O. The fourth-order valence-electron chi connectivity index (χ4n) is 3.07. The molecule has 21 heavy (non-hydrogen) atoms. The second-order valence-corrected chi connectivity index (χ2v) is 6.45. The molecule has 1 aliphatic rings. The average molecular weight is 294 g/mol. The summed E-state index contributed by atoms with van der Waals surface area (Å²) in [6.07, 6.45) is 18.2. The Morgan fingerprint density at radius 2 is 1.57 bits per heavy atom. The van der Waals surface area contributed by atoms with Crippen molar-refractivity contribution in [2.75, 3.05) is 0 Å². The van der Waals surface area contributed by atoms with E-state index in [1.807, 2.05) is 6.20 Å². The molecule has 3 nitrogen and oxygen atoms in total. The lowest BCUT2D eigenvalue weighted by Gasteiger charge is -2.42. The highest BCUT2D eigenvalue weighted by Gasteiger charge is 2.31. The normalized spacial score (nSPS) is 15.0. The zero-order chi connectivity index (χ0) is 15.6. The molecule has 0 aromatic carbocycles. The van der Waals surface area contributed by atoms with Gasteiger partial charge in [0.25, 0.3) is 0 Å². The van der Waals surface area contributed by atoms with Crippen molar-refractivity contribution in [2.45, 2.75) is 90.5 Å². The van der Waals surface area contributed by atoms with Gasteiger partial charge in [0.05, 0.1) is 0 Å². The molecule has 2 N–H and O–H groups in total. The largest absolute Gasteiger partial charge is 0.467 e. The Bertz CT molecular complexity index is 324. The van der Waals surface area contributed by atoms with E-state index in [4.69, 9.17) is 10.5 Å². The summed E-state index contributed by atoms with van der Waals surface area (Å²) >= 11 is 0. The molecule has 0 saturated heterocycles. The van der Waals surface area contributed by atoms with Crippen molar-refractivity contribution >= 4 is 0 Å². The van der Waals surface area contributed by atoms with E-state index in [1.54, 1.807) is 12.5 Å². The molecular weight excluding hydrogens is 260 g/mol. The highest BCUT2D eigenvalue weighted by molar-refractivity contribution is 5.09. The molecule has 0 bridgehead atoms. The predicted molar refractivity (Wildman–Crippen MR) is 90.3 cm³/mol. The first-order valence-electron chi connectivity index (χ1n) is 8.71. The number of nitrogens with two attached hydrogens (primary N) is 1. The van der Waals surface area contributed by atoms with Gasteiger partial charge in [-0.05, 0) is 19.8 Å². The number of hydrogen-bond acceptors (Lipinski definition) is 3. The summed E-state index contributed by atoms with van der Waals surface area (Å²) in [7, 11) is 0. The van der Waals surface area contributed by atoms with Gasteiger partial charge in [0.1, 0.15) is 18.3 Å². The van der Waals surface area contributed by atoms with Gasteiger partial charge in [-0.15, -0.1) is 0 Å². The number of nitrogens with zero attached hydrogens (tertiary/aromatic N) is 1. The highest BCUT2D eigenvalue weighted by atomic mass is 16.5. The van der Waals surface area contributed by atoms with Gasteiger partial charge in [0.2, 0.25) is 0 Å². The summed E-state index contributed by atoms with van der Waals surface area (Å²) in [6.45, 7) is 6.87. The second-order valence-electron chi connectivity index (χ2n) is 6.45. The Balaban J connectivity index is 2.61. The first-order chi connectivity index (χ1) is 10.1. The molecule has 0 spiro atoms. The molecule has 1 aliphatic heterocycles. The van der Waals surface area contributed by atoms with Crippen LogP contribution < -0.4 is 5.73 Å². The zero-order valence-electron chi connectivity index (χ0n) is 14.2. The van der Waals surface area contributed by atoms with Gasteiger partial charge in [-0.1, -0.05) is 65.2 Å². The molecule has 0 aromatic rings. The SMILES string of the molecule is CCCCCCC(C)(CCCCCC)N1C=COC=C1N. The zero-order valence-corrected chi connectivity index (χ0v) is 14.2. The van der Waals surface area contributed by atoms with E-state index in [9.17, 15) is 0 Å². The molecule has 0 aliphatic carbocycles. The van der Waals surface area contributed by atoms with Crippen molar-refractivity contribution < 1.29 is 4.74 Å². The summed E-state index contributed by atoms with van der Waals surface area (Å²) in [5.41, 5.74) is 6.25. The summed E-state index contributed by atoms with van der Waals surface area (Å²) in [5.74, 6) is 0.728. The summed E-state index contributed by atoms with van der Waals surface area (Å²) in [6, 6.07) is 0. The molecule has 0 amide bonds. The molecule has 0 radical (unpaired) electrons. The first-order valence-corrected chi connectivity index (χ1v) is 8.71. The van der Waals surface area contributed by atoms with Gasteiger partial charge in [-0.25, -0.2) is 0 Å². The predicted octanol–water partition coefficient (Wildman–Crippen LogP) is 5.25. The Kier molecular flexibility index (Phi) is 8.33. The summed E-state index contributed by atoms with van der Waals surface area (Å²) in [4.78, 5) is 2.22. The van der Waals surface area contributed by atoms with E-state index in [2.05, 4.69) is 25.7 Å². The Morgan fingerprint density at radius 1 is 1.00 bits per heavy atom. The van der Waals surface area contributed by atoms with Crippen LogP contribution in [0.1, 0.15) is 85.0 Å². The standard InChI is InChI=1S/C18H34N2O/c1-4-6-8-10-12-18(3,13-11-9-7-5-2)20-14-15-21-16-17(20)19/h14-16H,4-13,19H2,1-3H3. The van der Waals surface area contributed by atoms with Crippen molar-refractivity contribution in [1.29, 1.82) is 0 Å². The molecule has 0 unspecified atom stereocenters. The third kappa shape index (κ3) is 6.03. The van der Waals surface area contributed by atoms with Crippen molar-refractivity contribution in [3.8, 4) is 0 Å². The van der Waals surface area contributed by atoms with Crippen LogP contribution in [0.3, 0.4) is 0 Å². The molecule has 3 heteroatoms. The Morgan fingerprint density at radius 3 is 2.05 bits per heavy atom. The highest BCUT2D eigenvalue weighted by Crippen LogP contribution is 2.32. The Hall–Kier alpha value is -1.12. The van der Waals surface area contributed by atoms with Crippen LogP contribution in [0.15, 0.2) is 24.5 Å². The van der Waals surface area contributed by atoms with Crippen LogP contribution in [-0.2, 0) is 4.74 Å². The summed E-state index contributed by atoms with van der Waals surface area (Å²) < 4.78 is 5.18. The summed E-state index contributed by atoms with van der Waals surface area (Å²) in [5, 5.41) is 0. The third-order valence-electron chi connectivity index (χ3n) is 4.47. The van der Waals surface area contributed by atoms with Crippen LogP contribution in [-0.4, -0.2) is 10.4 Å².